The van der Waals surface area contributed by atoms with Gasteiger partial charge in [0.25, 0.3) is 0 Å². The summed E-state index contributed by atoms with van der Waals surface area (Å²) in [4.78, 5) is 14.5. The van der Waals surface area contributed by atoms with Crippen molar-refractivity contribution in [3.63, 3.8) is 0 Å². The summed E-state index contributed by atoms with van der Waals surface area (Å²) in [5.74, 6) is 0.128. The monoisotopic (exact) mass is 597 g/mol. The summed E-state index contributed by atoms with van der Waals surface area (Å²) in [5, 5.41) is 15.3. The van der Waals surface area contributed by atoms with E-state index in [0.717, 1.165) is 46.5 Å². The average Bonchev–Trinajstić information content (AvgIpc) is 3.60. The van der Waals surface area contributed by atoms with Crippen LogP contribution < -0.4 is 10.6 Å². The molecule has 2 amide bonds. The van der Waals surface area contributed by atoms with Crippen molar-refractivity contribution in [3.05, 3.63) is 108 Å². The summed E-state index contributed by atoms with van der Waals surface area (Å²) >= 11 is 0. The van der Waals surface area contributed by atoms with E-state index >= 15 is 0 Å². The van der Waals surface area contributed by atoms with Gasteiger partial charge in [-0.1, -0.05) is 98.6 Å². The molecule has 44 heavy (non-hydrogen) atoms. The highest BCUT2D eigenvalue weighted by Gasteiger charge is 2.40. The Hall–Kier alpha value is -3.49. The highest BCUT2D eigenvalue weighted by molar-refractivity contribution is 5.74. The third kappa shape index (κ3) is 7.77. The normalized spacial score (nSPS) is 22.2. The van der Waals surface area contributed by atoms with Crippen molar-refractivity contribution in [2.75, 3.05) is 19.6 Å². The maximum Gasteiger partial charge on any atom is 0.315 e. The minimum atomic E-state index is -0.517. The minimum absolute atomic E-state index is 0.0189. The van der Waals surface area contributed by atoms with Gasteiger partial charge in [-0.05, 0) is 47.6 Å². The van der Waals surface area contributed by atoms with Crippen molar-refractivity contribution in [2.24, 2.45) is 5.92 Å². The predicted molar refractivity (Wildman–Crippen MR) is 175 cm³/mol. The van der Waals surface area contributed by atoms with Gasteiger partial charge in [-0.25, -0.2) is 4.79 Å². The van der Waals surface area contributed by atoms with Gasteiger partial charge in [-0.2, -0.15) is 0 Å². The highest BCUT2D eigenvalue weighted by atomic mass is 16.7. The molecule has 234 valence electrons. The van der Waals surface area contributed by atoms with Gasteiger partial charge in [0.2, 0.25) is 0 Å². The number of aliphatic hydroxyl groups excluding tert-OH is 1. The number of rotatable bonds is 12. The molecule has 4 atom stereocenters. The molecule has 0 aromatic heterocycles. The third-order valence-corrected chi connectivity index (χ3v) is 9.03. The molecular formula is C37H47N3O4. The predicted octanol–water partition coefficient (Wildman–Crippen LogP) is 6.89. The van der Waals surface area contributed by atoms with E-state index in [1.54, 1.807) is 0 Å². The summed E-state index contributed by atoms with van der Waals surface area (Å²) in [6, 6.07) is 25.0. The van der Waals surface area contributed by atoms with Crippen molar-refractivity contribution >= 4 is 6.03 Å². The molecule has 1 aliphatic carbocycles. The first-order valence-electron chi connectivity index (χ1n) is 16.1. The fraction of sp³-hybridized carbons (Fsp3) is 0.432. The molecule has 1 heterocycles. The summed E-state index contributed by atoms with van der Waals surface area (Å²) < 4.78 is 13.5. The zero-order valence-electron chi connectivity index (χ0n) is 26.1. The second-order valence-electron chi connectivity index (χ2n) is 12.0. The van der Waals surface area contributed by atoms with Crippen LogP contribution in [0.2, 0.25) is 0 Å². The van der Waals surface area contributed by atoms with Gasteiger partial charge in [0.05, 0.1) is 18.8 Å². The Morgan fingerprint density at radius 3 is 2.36 bits per heavy atom. The molecule has 3 aromatic carbocycles. The van der Waals surface area contributed by atoms with Crippen LogP contribution in [-0.2, 0) is 22.6 Å². The van der Waals surface area contributed by atoms with Crippen LogP contribution in [-0.4, -0.2) is 47.8 Å². The molecule has 1 saturated heterocycles. The van der Waals surface area contributed by atoms with Crippen LogP contribution in [0, 0.1) is 5.92 Å². The van der Waals surface area contributed by atoms with Crippen LogP contribution >= 0.6 is 0 Å². The van der Waals surface area contributed by atoms with E-state index in [2.05, 4.69) is 71.5 Å². The maximum absolute atomic E-state index is 12.0. The van der Waals surface area contributed by atoms with Crippen LogP contribution in [0.4, 0.5) is 4.79 Å². The topological polar surface area (TPSA) is 83.1 Å². The van der Waals surface area contributed by atoms with Crippen LogP contribution in [0.3, 0.4) is 0 Å². The molecule has 5 rings (SSSR count). The number of urea groups is 1. The van der Waals surface area contributed by atoms with Crippen LogP contribution in [0.1, 0.15) is 74.2 Å². The van der Waals surface area contributed by atoms with Crippen LogP contribution in [0.15, 0.2) is 85.5 Å². The van der Waals surface area contributed by atoms with E-state index in [-0.39, 0.29) is 30.8 Å². The number of hydrogen-bond acceptors (Lipinski definition) is 5. The van der Waals surface area contributed by atoms with Crippen molar-refractivity contribution in [1.29, 1.82) is 0 Å². The Morgan fingerprint density at radius 1 is 0.977 bits per heavy atom. The second kappa shape index (κ2) is 15.5. The molecule has 0 radical (unpaired) electrons. The van der Waals surface area contributed by atoms with Crippen molar-refractivity contribution in [3.8, 4) is 11.1 Å². The molecular weight excluding hydrogens is 550 g/mol. The Bertz CT molecular complexity index is 1350. The van der Waals surface area contributed by atoms with Crippen molar-refractivity contribution in [1.82, 2.24) is 15.5 Å². The summed E-state index contributed by atoms with van der Waals surface area (Å²) in [7, 11) is 0. The van der Waals surface area contributed by atoms with E-state index < -0.39 is 6.29 Å². The lowest BCUT2D eigenvalue weighted by Gasteiger charge is -2.43. The molecule has 7 nitrogen and oxygen atoms in total. The fourth-order valence-corrected chi connectivity index (χ4v) is 6.54. The lowest BCUT2D eigenvalue weighted by molar-refractivity contribution is -0.276. The van der Waals surface area contributed by atoms with E-state index in [0.29, 0.717) is 19.1 Å². The number of carbonyl (C=O) groups is 1. The van der Waals surface area contributed by atoms with Gasteiger partial charge in [0.15, 0.2) is 6.29 Å². The lowest BCUT2D eigenvalue weighted by Crippen LogP contribution is -2.47. The molecule has 4 unspecified atom stereocenters. The first-order valence-corrected chi connectivity index (χ1v) is 16.1. The number of carbonyl (C=O) groups excluding carboxylic acids is 1. The van der Waals surface area contributed by atoms with Crippen LogP contribution in [0.25, 0.3) is 11.1 Å². The Labute approximate surface area is 262 Å². The Balaban J connectivity index is 1.39. The quantitative estimate of drug-likeness (QED) is 0.198. The third-order valence-electron chi connectivity index (χ3n) is 9.03. The zero-order valence-corrected chi connectivity index (χ0v) is 26.1. The largest absolute Gasteiger partial charge is 0.392 e. The number of nitrogens with zero attached hydrogens (tertiary/aromatic N) is 1. The molecule has 7 heteroatoms. The molecule has 2 aliphatic rings. The second-order valence-corrected chi connectivity index (χ2v) is 12.0. The van der Waals surface area contributed by atoms with Gasteiger partial charge in [-0.15, -0.1) is 6.58 Å². The van der Waals surface area contributed by atoms with E-state index in [4.69, 9.17) is 9.47 Å². The van der Waals surface area contributed by atoms with Crippen molar-refractivity contribution in [2.45, 2.75) is 77.2 Å². The lowest BCUT2D eigenvalue weighted by atomic mass is 9.89. The Morgan fingerprint density at radius 2 is 1.68 bits per heavy atom. The Kier molecular flexibility index (Phi) is 11.2. The van der Waals surface area contributed by atoms with Gasteiger partial charge in [0, 0.05) is 43.7 Å². The number of hydrogen-bond donors (Lipinski definition) is 3. The zero-order chi connectivity index (χ0) is 30.9. The van der Waals surface area contributed by atoms with E-state index in [1.807, 2.05) is 43.3 Å². The SMILES string of the molecule is C=CCN(CC1OC(c2ccc(-c3ccccc3CNC(=O)NCC)cc2)OC(c2ccc(CO)cc2)C1C)C1CCCC1. The highest BCUT2D eigenvalue weighted by Crippen LogP contribution is 2.42. The maximum atomic E-state index is 12.0. The molecule has 3 N–H and O–H groups in total. The van der Waals surface area contributed by atoms with E-state index in [1.165, 1.54) is 25.7 Å². The first kappa shape index (κ1) is 31.9. The van der Waals surface area contributed by atoms with E-state index in [9.17, 15) is 9.90 Å². The van der Waals surface area contributed by atoms with Crippen LogP contribution in [0.5, 0.6) is 0 Å². The summed E-state index contributed by atoms with van der Waals surface area (Å²) in [5.41, 5.74) is 6.14. The molecule has 0 bridgehead atoms. The van der Waals surface area contributed by atoms with Gasteiger partial charge >= 0.3 is 6.03 Å². The standard InChI is InChI=1S/C37H47N3O4/c1-4-22-40(32-11-7-8-12-32)24-34-26(3)35(29-16-14-27(25-41)15-17-29)44-36(43-34)30-20-18-28(19-21-30)33-13-9-6-10-31(33)23-39-37(42)38-5-2/h4,6,9-10,13-21,26,32,34-36,41H,1,5,7-8,11-12,22-25H2,2-3H3,(H2,38,39,42). The molecule has 3 aromatic rings. The number of nitrogens with one attached hydrogen (secondary N) is 2. The average molecular weight is 598 g/mol. The fourth-order valence-electron chi connectivity index (χ4n) is 6.54. The first-order chi connectivity index (χ1) is 21.5. The van der Waals surface area contributed by atoms with Gasteiger partial charge < -0.3 is 25.2 Å². The number of aliphatic hydroxyl groups is 1. The molecule has 2 fully saturated rings. The number of ether oxygens (including phenoxy) is 2. The smallest absolute Gasteiger partial charge is 0.315 e. The van der Waals surface area contributed by atoms with Gasteiger partial charge in [-0.3, -0.25) is 4.90 Å². The molecule has 1 saturated carbocycles. The summed E-state index contributed by atoms with van der Waals surface area (Å²) in [6.45, 7) is 10.9. The minimum Gasteiger partial charge on any atom is -0.392 e. The number of amides is 2. The molecule has 0 spiro atoms. The molecule has 1 aliphatic heterocycles. The summed E-state index contributed by atoms with van der Waals surface area (Å²) in [6.07, 6.45) is 6.32. The van der Waals surface area contributed by atoms with Crippen molar-refractivity contribution < 1.29 is 19.4 Å². The number of benzene rings is 3. The van der Waals surface area contributed by atoms with Gasteiger partial charge in [0.1, 0.15) is 0 Å².